The van der Waals surface area contributed by atoms with Crippen LogP contribution in [0.1, 0.15) is 48.9 Å². The SMILES string of the molecule is C=C/C=C(\C)OC(=N)c1ccc(CC(C/C(=C\CC)c2ccc(-c3ccc(Sc4ccccc4)cc3)cc2C)Sc2ccccc2)cc1. The molecule has 0 radical (unpaired) electrons. The summed E-state index contributed by atoms with van der Waals surface area (Å²) in [6.07, 6.45) is 8.67. The molecule has 1 atom stereocenters. The zero-order valence-electron chi connectivity index (χ0n) is 28.0. The number of ether oxygens (including phenoxy) is 1. The van der Waals surface area contributed by atoms with Crippen LogP contribution in [0.4, 0.5) is 0 Å². The number of thioether (sulfide) groups is 1. The van der Waals surface area contributed by atoms with Gasteiger partial charge in [-0.15, -0.1) is 11.8 Å². The predicted octanol–water partition coefficient (Wildman–Crippen LogP) is 12.8. The third-order valence-corrected chi connectivity index (χ3v) is 10.2. The van der Waals surface area contributed by atoms with Crippen LogP contribution in [0.25, 0.3) is 16.7 Å². The smallest absolute Gasteiger partial charge is 0.218 e. The fourth-order valence-electron chi connectivity index (χ4n) is 5.66. The second-order valence-electron chi connectivity index (χ2n) is 11.7. The minimum absolute atomic E-state index is 0.140. The van der Waals surface area contributed by atoms with Crippen molar-refractivity contribution in [3.63, 3.8) is 0 Å². The standard InChI is InChI=1S/C44H43NOS2/c1-5-13-33(4)46-44(45)36-21-19-34(20-22-36)30-42(48-40-17-11-8-12-18-40)31-38(14-6-2)43-28-25-37(29-32(43)3)35-23-26-41(27-24-35)47-39-15-9-7-10-16-39/h5,7-29,42,45H,1,6,30-31H2,2-4H3/b33-13+,38-14+,45-44?. The number of hydrogen-bond donors (Lipinski definition) is 1. The molecule has 0 aliphatic rings. The molecule has 0 aliphatic heterocycles. The second-order valence-corrected chi connectivity index (χ2v) is 14.2. The van der Waals surface area contributed by atoms with E-state index in [4.69, 9.17) is 10.1 Å². The highest BCUT2D eigenvalue weighted by molar-refractivity contribution is 8.00. The molecule has 0 fully saturated rings. The topological polar surface area (TPSA) is 33.1 Å². The molecule has 5 aromatic rings. The Kier molecular flexibility index (Phi) is 12.8. The van der Waals surface area contributed by atoms with Crippen LogP contribution in [0.15, 0.2) is 173 Å². The number of hydrogen-bond acceptors (Lipinski definition) is 4. The zero-order chi connectivity index (χ0) is 33.7. The summed E-state index contributed by atoms with van der Waals surface area (Å²) in [5.41, 5.74) is 8.48. The molecule has 0 saturated heterocycles. The van der Waals surface area contributed by atoms with Crippen molar-refractivity contribution in [3.8, 4) is 11.1 Å². The summed E-state index contributed by atoms with van der Waals surface area (Å²) < 4.78 is 5.64. The van der Waals surface area contributed by atoms with Gasteiger partial charge in [0, 0.05) is 25.5 Å². The summed E-state index contributed by atoms with van der Waals surface area (Å²) in [5, 5.41) is 8.70. The van der Waals surface area contributed by atoms with E-state index >= 15 is 0 Å². The summed E-state index contributed by atoms with van der Waals surface area (Å²) in [6, 6.07) is 45.2. The van der Waals surface area contributed by atoms with E-state index in [0.29, 0.717) is 11.0 Å². The van der Waals surface area contributed by atoms with E-state index < -0.39 is 0 Å². The van der Waals surface area contributed by atoms with Gasteiger partial charge in [0.25, 0.3) is 0 Å². The monoisotopic (exact) mass is 665 g/mol. The molecule has 4 heteroatoms. The Balaban J connectivity index is 1.33. The highest BCUT2D eigenvalue weighted by atomic mass is 32.2. The van der Waals surface area contributed by atoms with Crippen molar-refractivity contribution < 1.29 is 4.74 Å². The minimum atomic E-state index is 0.140. The van der Waals surface area contributed by atoms with E-state index in [2.05, 4.69) is 142 Å². The molecule has 0 bridgehead atoms. The third-order valence-electron chi connectivity index (χ3n) is 7.98. The molecule has 5 aromatic carbocycles. The Morgan fingerprint density at radius 3 is 2.04 bits per heavy atom. The average molecular weight is 666 g/mol. The molecule has 0 amide bonds. The van der Waals surface area contributed by atoms with E-state index in [1.54, 1.807) is 23.9 Å². The summed E-state index contributed by atoms with van der Waals surface area (Å²) in [4.78, 5) is 3.76. The molecule has 242 valence electrons. The molecule has 0 heterocycles. The van der Waals surface area contributed by atoms with E-state index in [0.717, 1.165) is 24.8 Å². The van der Waals surface area contributed by atoms with E-state index in [1.165, 1.54) is 48.1 Å². The summed E-state index contributed by atoms with van der Waals surface area (Å²) in [6.45, 7) is 9.99. The first-order chi connectivity index (χ1) is 23.4. The minimum Gasteiger partial charge on any atom is -0.444 e. The molecule has 5 rings (SSSR count). The van der Waals surface area contributed by atoms with Crippen LogP contribution >= 0.6 is 23.5 Å². The Labute approximate surface area is 295 Å². The maximum atomic E-state index is 8.36. The van der Waals surface area contributed by atoms with Gasteiger partial charge in [-0.25, -0.2) is 0 Å². The van der Waals surface area contributed by atoms with Crippen LogP contribution in [-0.2, 0) is 11.2 Å². The van der Waals surface area contributed by atoms with Gasteiger partial charge in [0.2, 0.25) is 5.90 Å². The Bertz CT molecular complexity index is 1860. The molecular formula is C44H43NOS2. The van der Waals surface area contributed by atoms with Gasteiger partial charge in [0.1, 0.15) is 5.76 Å². The lowest BCUT2D eigenvalue weighted by Crippen LogP contribution is -2.10. The third kappa shape index (κ3) is 10.00. The maximum Gasteiger partial charge on any atom is 0.218 e. The molecular weight excluding hydrogens is 623 g/mol. The average Bonchev–Trinajstić information content (AvgIpc) is 3.10. The molecule has 0 spiro atoms. The van der Waals surface area contributed by atoms with Crippen LogP contribution in [0.3, 0.4) is 0 Å². The normalized spacial score (nSPS) is 12.4. The van der Waals surface area contributed by atoms with Crippen molar-refractivity contribution in [3.05, 3.63) is 180 Å². The highest BCUT2D eigenvalue weighted by Gasteiger charge is 2.17. The lowest BCUT2D eigenvalue weighted by molar-refractivity contribution is 0.415. The first-order valence-corrected chi connectivity index (χ1v) is 18.1. The van der Waals surface area contributed by atoms with Gasteiger partial charge >= 0.3 is 0 Å². The molecule has 0 saturated carbocycles. The van der Waals surface area contributed by atoms with Crippen LogP contribution in [0.2, 0.25) is 0 Å². The number of aryl methyl sites for hydroxylation is 1. The lowest BCUT2D eigenvalue weighted by Gasteiger charge is -2.21. The fraction of sp³-hybridized carbons (Fsp3) is 0.159. The van der Waals surface area contributed by atoms with Gasteiger partial charge in [-0.2, -0.15) is 0 Å². The van der Waals surface area contributed by atoms with Gasteiger partial charge in [-0.3, -0.25) is 5.41 Å². The molecule has 0 aromatic heterocycles. The van der Waals surface area contributed by atoms with Crippen LogP contribution in [0, 0.1) is 12.3 Å². The van der Waals surface area contributed by atoms with E-state index in [-0.39, 0.29) is 5.90 Å². The molecule has 2 nitrogen and oxygen atoms in total. The van der Waals surface area contributed by atoms with Gasteiger partial charge < -0.3 is 4.74 Å². The highest BCUT2D eigenvalue weighted by Crippen LogP contribution is 2.36. The molecule has 1 N–H and O–H groups in total. The maximum absolute atomic E-state index is 8.36. The van der Waals surface area contributed by atoms with Crippen molar-refractivity contribution in [1.29, 1.82) is 5.41 Å². The summed E-state index contributed by atoms with van der Waals surface area (Å²) in [7, 11) is 0. The fourth-order valence-corrected chi connectivity index (χ4v) is 7.74. The van der Waals surface area contributed by atoms with Gasteiger partial charge in [-0.1, -0.05) is 116 Å². The first-order valence-electron chi connectivity index (χ1n) is 16.4. The van der Waals surface area contributed by atoms with Gasteiger partial charge in [-0.05, 0) is 121 Å². The van der Waals surface area contributed by atoms with Crippen molar-refractivity contribution in [1.82, 2.24) is 0 Å². The Morgan fingerprint density at radius 2 is 1.42 bits per heavy atom. The number of rotatable bonds is 14. The second kappa shape index (κ2) is 17.6. The Hall–Kier alpha value is -4.51. The van der Waals surface area contributed by atoms with E-state index in [9.17, 15) is 0 Å². The number of nitrogens with one attached hydrogen (secondary N) is 1. The predicted molar refractivity (Wildman–Crippen MR) is 208 cm³/mol. The van der Waals surface area contributed by atoms with Crippen LogP contribution in [0.5, 0.6) is 0 Å². The van der Waals surface area contributed by atoms with Crippen molar-refractivity contribution >= 4 is 35.0 Å². The lowest BCUT2D eigenvalue weighted by atomic mass is 9.91. The number of benzene rings is 5. The molecule has 48 heavy (non-hydrogen) atoms. The first kappa shape index (κ1) is 34.8. The zero-order valence-corrected chi connectivity index (χ0v) is 29.6. The van der Waals surface area contributed by atoms with Crippen LogP contribution in [-0.4, -0.2) is 11.1 Å². The summed E-state index contributed by atoms with van der Waals surface area (Å²) in [5.74, 6) is 0.786. The summed E-state index contributed by atoms with van der Waals surface area (Å²) >= 11 is 3.73. The largest absolute Gasteiger partial charge is 0.444 e. The van der Waals surface area contributed by atoms with Gasteiger partial charge in [0.15, 0.2) is 0 Å². The quantitative estimate of drug-likeness (QED) is 0.0421. The van der Waals surface area contributed by atoms with Crippen LogP contribution < -0.4 is 0 Å². The molecule has 1 unspecified atom stereocenters. The van der Waals surface area contributed by atoms with Crippen molar-refractivity contribution in [2.24, 2.45) is 0 Å². The number of allylic oxidation sites excluding steroid dienone is 5. The Morgan fingerprint density at radius 1 is 0.792 bits per heavy atom. The van der Waals surface area contributed by atoms with Crippen molar-refractivity contribution in [2.75, 3.05) is 0 Å². The van der Waals surface area contributed by atoms with E-state index in [1.807, 2.05) is 30.8 Å². The van der Waals surface area contributed by atoms with Crippen molar-refractivity contribution in [2.45, 2.75) is 60.0 Å². The molecule has 0 aliphatic carbocycles. The van der Waals surface area contributed by atoms with Gasteiger partial charge in [0.05, 0.1) is 0 Å².